The molecule has 0 atom stereocenters. The normalized spacial score (nSPS) is 10.1. The highest BCUT2D eigenvalue weighted by Gasteiger charge is 2.01. The fourth-order valence-electron chi connectivity index (χ4n) is 1.27. The molecule has 0 saturated carbocycles. The maximum atomic E-state index is 12.6. The van der Waals surface area contributed by atoms with Gasteiger partial charge in [0.15, 0.2) is 0 Å². The molecule has 0 aliphatic rings. The summed E-state index contributed by atoms with van der Waals surface area (Å²) in [6.07, 6.45) is 0. The van der Waals surface area contributed by atoms with E-state index in [1.54, 1.807) is 18.2 Å². The Hall–Kier alpha value is -1.34. The van der Waals surface area contributed by atoms with Crippen LogP contribution in [0.4, 0.5) is 4.39 Å². The monoisotopic (exact) mass is 205 g/mol. The topological polar surface area (TPSA) is 0 Å². The van der Waals surface area contributed by atoms with Crippen molar-refractivity contribution in [2.24, 2.45) is 0 Å². The van der Waals surface area contributed by atoms with Crippen LogP contribution in [0.25, 0.3) is 11.1 Å². The molecule has 0 spiro atoms. The second kappa shape index (κ2) is 3.81. The lowest BCUT2D eigenvalue weighted by atomic mass is 10.1. The highest BCUT2D eigenvalue weighted by Crippen LogP contribution is 2.26. The van der Waals surface area contributed by atoms with Crippen molar-refractivity contribution >= 4 is 11.6 Å². The molecule has 0 bridgehead atoms. The molecule has 0 aliphatic heterocycles. The zero-order chi connectivity index (χ0) is 9.97. The van der Waals surface area contributed by atoms with Gasteiger partial charge in [0, 0.05) is 16.7 Å². The molecule has 2 aromatic carbocycles. The predicted molar refractivity (Wildman–Crippen MR) is 55.7 cm³/mol. The lowest BCUT2D eigenvalue weighted by Gasteiger charge is -2.02. The first-order valence-electron chi connectivity index (χ1n) is 4.19. The van der Waals surface area contributed by atoms with Gasteiger partial charge >= 0.3 is 0 Å². The van der Waals surface area contributed by atoms with Crippen molar-refractivity contribution in [3.8, 4) is 11.1 Å². The highest BCUT2D eigenvalue weighted by molar-refractivity contribution is 6.33. The molecule has 1 radical (unpaired) electrons. The summed E-state index contributed by atoms with van der Waals surface area (Å²) >= 11 is 5.99. The molecule has 0 heterocycles. The molecular weight excluding hydrogens is 199 g/mol. The molecule has 0 nitrogen and oxygen atoms in total. The van der Waals surface area contributed by atoms with Crippen molar-refractivity contribution in [1.29, 1.82) is 0 Å². The third-order valence-electron chi connectivity index (χ3n) is 1.96. The van der Waals surface area contributed by atoms with Gasteiger partial charge in [-0.25, -0.2) is 4.39 Å². The lowest BCUT2D eigenvalue weighted by molar-refractivity contribution is 0.626. The Morgan fingerprint density at radius 2 is 1.86 bits per heavy atom. The number of halogens is 2. The second-order valence-electron chi connectivity index (χ2n) is 2.91. The van der Waals surface area contributed by atoms with Gasteiger partial charge in [-0.3, -0.25) is 0 Å². The molecular formula is C12H7ClF. The van der Waals surface area contributed by atoms with Crippen LogP contribution < -0.4 is 0 Å². The van der Waals surface area contributed by atoms with Crippen LogP contribution in [0.3, 0.4) is 0 Å². The van der Waals surface area contributed by atoms with Gasteiger partial charge in [0.25, 0.3) is 0 Å². The quantitative estimate of drug-likeness (QED) is 0.662. The van der Waals surface area contributed by atoms with E-state index in [1.165, 1.54) is 6.07 Å². The van der Waals surface area contributed by atoms with Crippen LogP contribution >= 0.6 is 11.6 Å². The summed E-state index contributed by atoms with van der Waals surface area (Å²) in [6, 6.07) is 14.6. The van der Waals surface area contributed by atoms with Crippen LogP contribution in [0.5, 0.6) is 0 Å². The zero-order valence-electron chi connectivity index (χ0n) is 7.30. The van der Waals surface area contributed by atoms with Crippen molar-refractivity contribution < 1.29 is 4.39 Å². The van der Waals surface area contributed by atoms with Crippen LogP contribution in [0.2, 0.25) is 5.02 Å². The Balaban J connectivity index is 2.50. The van der Waals surface area contributed by atoms with Gasteiger partial charge in [-0.1, -0.05) is 35.9 Å². The molecule has 69 valence electrons. The average Bonchev–Trinajstić information content (AvgIpc) is 2.20. The Morgan fingerprint density at radius 1 is 1.07 bits per heavy atom. The smallest absolute Gasteiger partial charge is 0.131 e. The molecule has 0 saturated heterocycles. The summed E-state index contributed by atoms with van der Waals surface area (Å²) in [5, 5.41) is 0.660. The van der Waals surface area contributed by atoms with E-state index in [1.807, 2.05) is 18.2 Å². The predicted octanol–water partition coefficient (Wildman–Crippen LogP) is 3.95. The van der Waals surface area contributed by atoms with Gasteiger partial charge in [0.2, 0.25) is 0 Å². The molecule has 2 aromatic rings. The van der Waals surface area contributed by atoms with Crippen LogP contribution in [0.1, 0.15) is 0 Å². The van der Waals surface area contributed by atoms with Crippen molar-refractivity contribution in [2.45, 2.75) is 0 Å². The van der Waals surface area contributed by atoms with E-state index in [-0.39, 0.29) is 5.82 Å². The molecule has 2 heteroatoms. The molecule has 0 N–H and O–H groups in total. The Labute approximate surface area is 87.0 Å². The van der Waals surface area contributed by atoms with Crippen molar-refractivity contribution in [3.05, 3.63) is 59.4 Å². The third kappa shape index (κ3) is 1.78. The summed E-state index contributed by atoms with van der Waals surface area (Å²) in [5.74, 6) is -0.360. The second-order valence-corrected chi connectivity index (χ2v) is 3.31. The largest absolute Gasteiger partial charge is 0.206 e. The third-order valence-corrected chi connectivity index (χ3v) is 2.29. The fraction of sp³-hybridized carbons (Fsp3) is 0. The summed E-state index contributed by atoms with van der Waals surface area (Å²) in [6.45, 7) is 0. The summed E-state index contributed by atoms with van der Waals surface area (Å²) in [7, 11) is 0. The van der Waals surface area contributed by atoms with Crippen molar-refractivity contribution in [1.82, 2.24) is 0 Å². The van der Waals surface area contributed by atoms with E-state index in [0.29, 0.717) is 5.02 Å². The van der Waals surface area contributed by atoms with Gasteiger partial charge in [-0.05, 0) is 23.8 Å². The Kier molecular flexibility index (Phi) is 2.51. The van der Waals surface area contributed by atoms with Gasteiger partial charge in [-0.2, -0.15) is 0 Å². The molecule has 0 amide bonds. The Bertz CT molecular complexity index is 434. The summed E-state index contributed by atoms with van der Waals surface area (Å²) in [5.41, 5.74) is 1.77. The lowest BCUT2D eigenvalue weighted by Crippen LogP contribution is -1.80. The minimum absolute atomic E-state index is 0.360. The van der Waals surface area contributed by atoms with Crippen LogP contribution in [-0.4, -0.2) is 0 Å². The molecule has 0 unspecified atom stereocenters. The van der Waals surface area contributed by atoms with Crippen molar-refractivity contribution in [2.75, 3.05) is 0 Å². The van der Waals surface area contributed by atoms with Gasteiger partial charge in [0.05, 0.1) is 0 Å². The van der Waals surface area contributed by atoms with E-state index in [0.717, 1.165) is 11.1 Å². The van der Waals surface area contributed by atoms with Crippen LogP contribution in [-0.2, 0) is 0 Å². The van der Waals surface area contributed by atoms with Crippen LogP contribution in [0.15, 0.2) is 42.5 Å². The van der Waals surface area contributed by atoms with E-state index in [9.17, 15) is 4.39 Å². The zero-order valence-corrected chi connectivity index (χ0v) is 8.05. The summed E-state index contributed by atoms with van der Waals surface area (Å²) in [4.78, 5) is 0. The molecule has 14 heavy (non-hydrogen) atoms. The SMILES string of the molecule is Fc1[c]cc(-c2ccccc2Cl)cc1. The first-order chi connectivity index (χ1) is 6.77. The van der Waals surface area contributed by atoms with Crippen molar-refractivity contribution in [3.63, 3.8) is 0 Å². The number of hydrogen-bond acceptors (Lipinski definition) is 0. The molecule has 2 rings (SSSR count). The number of hydrogen-bond donors (Lipinski definition) is 0. The average molecular weight is 206 g/mol. The fourth-order valence-corrected chi connectivity index (χ4v) is 1.51. The van der Waals surface area contributed by atoms with E-state index in [4.69, 9.17) is 11.6 Å². The summed E-state index contributed by atoms with van der Waals surface area (Å²) < 4.78 is 12.6. The minimum atomic E-state index is -0.360. The van der Waals surface area contributed by atoms with Gasteiger partial charge < -0.3 is 0 Å². The van der Waals surface area contributed by atoms with E-state index >= 15 is 0 Å². The number of rotatable bonds is 1. The number of benzene rings is 2. The minimum Gasteiger partial charge on any atom is -0.206 e. The van der Waals surface area contributed by atoms with Gasteiger partial charge in [-0.15, -0.1) is 0 Å². The van der Waals surface area contributed by atoms with Crippen LogP contribution in [0, 0.1) is 11.9 Å². The first kappa shape index (κ1) is 9.22. The first-order valence-corrected chi connectivity index (χ1v) is 4.57. The maximum absolute atomic E-state index is 12.6. The maximum Gasteiger partial charge on any atom is 0.131 e. The molecule has 0 aliphatic carbocycles. The molecule has 0 fully saturated rings. The highest BCUT2D eigenvalue weighted by atomic mass is 35.5. The molecule has 0 aromatic heterocycles. The van der Waals surface area contributed by atoms with Gasteiger partial charge in [0.1, 0.15) is 5.82 Å². The van der Waals surface area contributed by atoms with E-state index in [2.05, 4.69) is 6.07 Å². The standard InChI is InChI=1S/C12H7ClF/c13-12-4-2-1-3-11(12)9-5-7-10(14)8-6-9/h1-7H. The van der Waals surface area contributed by atoms with E-state index < -0.39 is 0 Å². The Morgan fingerprint density at radius 3 is 2.50 bits per heavy atom.